The van der Waals surface area contributed by atoms with Crippen LogP contribution in [0.1, 0.15) is 71.6 Å². The lowest BCUT2D eigenvalue weighted by molar-refractivity contribution is 0.377. The third kappa shape index (κ3) is 7.45. The molecule has 0 atom stereocenters. The van der Waals surface area contributed by atoms with E-state index in [9.17, 15) is 4.57 Å². The number of hydrogen-bond acceptors (Lipinski definition) is 1. The fraction of sp³-hybridized carbons (Fsp3) is 1.00. The molecule has 0 heterocycles. The van der Waals surface area contributed by atoms with Gasteiger partial charge in [-0.05, 0) is 25.7 Å². The monoisotopic (exact) mass is 289 g/mol. The van der Waals surface area contributed by atoms with Crippen molar-refractivity contribution in [1.29, 1.82) is 0 Å². The maximum absolute atomic E-state index is 12.8. The van der Waals surface area contributed by atoms with Crippen LogP contribution in [0.3, 0.4) is 0 Å². The first-order chi connectivity index (χ1) is 9.20. The molecule has 3 N–H and O–H groups in total. The summed E-state index contributed by atoms with van der Waals surface area (Å²) in [5.41, 5.74) is 0. The Balaban J connectivity index is 2.29. The summed E-state index contributed by atoms with van der Waals surface area (Å²) < 4.78 is 12.8. The van der Waals surface area contributed by atoms with E-state index in [4.69, 9.17) is 0 Å². The molecular weight excluding hydrogens is 257 g/mol. The van der Waals surface area contributed by atoms with Gasteiger partial charge in [0, 0.05) is 19.1 Å². The quantitative estimate of drug-likeness (QED) is 0.378. The van der Waals surface area contributed by atoms with Crippen molar-refractivity contribution in [2.45, 2.75) is 77.7 Å². The van der Waals surface area contributed by atoms with Gasteiger partial charge < -0.3 is 0 Å². The number of rotatable bonds is 12. The molecule has 1 rings (SSSR count). The molecule has 0 bridgehead atoms. The van der Waals surface area contributed by atoms with Crippen LogP contribution in [0.25, 0.3) is 0 Å². The highest BCUT2D eigenvalue weighted by molar-refractivity contribution is 7.57. The Kier molecular flexibility index (Phi) is 8.97. The van der Waals surface area contributed by atoms with Crippen LogP contribution in [0.15, 0.2) is 0 Å². The van der Waals surface area contributed by atoms with Crippen molar-refractivity contribution in [2.75, 3.05) is 13.1 Å². The highest BCUT2D eigenvalue weighted by Gasteiger charge is 2.27. The fourth-order valence-corrected chi connectivity index (χ4v) is 4.18. The third-order valence-electron chi connectivity index (χ3n) is 3.70. The Labute approximate surface area is 119 Å². The first-order valence-electron chi connectivity index (χ1n) is 8.08. The zero-order valence-electron chi connectivity index (χ0n) is 12.7. The molecule has 0 radical (unpaired) electrons. The molecule has 0 aromatic rings. The van der Waals surface area contributed by atoms with Crippen LogP contribution >= 0.6 is 7.59 Å². The average Bonchev–Trinajstić information content (AvgIpc) is 2.36. The lowest BCUT2D eigenvalue weighted by Gasteiger charge is -2.32. The molecule has 0 aromatic heterocycles. The molecule has 0 saturated heterocycles. The van der Waals surface area contributed by atoms with Crippen molar-refractivity contribution in [1.82, 2.24) is 15.3 Å². The summed E-state index contributed by atoms with van der Waals surface area (Å²) in [6, 6.07) is 0.447. The van der Waals surface area contributed by atoms with E-state index in [1.165, 1.54) is 32.1 Å². The Morgan fingerprint density at radius 2 is 1.47 bits per heavy atom. The van der Waals surface area contributed by atoms with Crippen LogP contribution in [0.2, 0.25) is 0 Å². The van der Waals surface area contributed by atoms with Crippen LogP contribution in [-0.4, -0.2) is 19.1 Å². The van der Waals surface area contributed by atoms with E-state index in [1.54, 1.807) is 0 Å². The molecule has 19 heavy (non-hydrogen) atoms. The summed E-state index contributed by atoms with van der Waals surface area (Å²) in [5.74, 6) is 0. The predicted molar refractivity (Wildman–Crippen MR) is 83.4 cm³/mol. The van der Waals surface area contributed by atoms with Crippen LogP contribution < -0.4 is 15.3 Å². The van der Waals surface area contributed by atoms with Gasteiger partial charge in [-0.15, -0.1) is 0 Å². The molecule has 0 aliphatic heterocycles. The number of nitrogens with one attached hydrogen (secondary N) is 3. The molecule has 0 spiro atoms. The van der Waals surface area contributed by atoms with E-state index in [1.807, 2.05) is 0 Å². The Morgan fingerprint density at radius 1 is 0.947 bits per heavy atom. The summed E-state index contributed by atoms with van der Waals surface area (Å²) >= 11 is 0. The van der Waals surface area contributed by atoms with Gasteiger partial charge in [0.2, 0.25) is 0 Å². The molecule has 114 valence electrons. The minimum Gasteiger partial charge on any atom is -0.271 e. The van der Waals surface area contributed by atoms with Crippen molar-refractivity contribution >= 4 is 7.59 Å². The first kappa shape index (κ1) is 17.2. The van der Waals surface area contributed by atoms with Gasteiger partial charge in [-0.25, -0.2) is 15.3 Å². The van der Waals surface area contributed by atoms with Gasteiger partial charge in [0.25, 0.3) is 7.59 Å². The van der Waals surface area contributed by atoms with Crippen molar-refractivity contribution in [3.05, 3.63) is 0 Å². The molecule has 1 aliphatic rings. The van der Waals surface area contributed by atoms with E-state index in [2.05, 4.69) is 29.1 Å². The summed E-state index contributed by atoms with van der Waals surface area (Å²) in [6.45, 7) is 6.06. The van der Waals surface area contributed by atoms with Crippen LogP contribution in [0.5, 0.6) is 0 Å². The smallest absolute Gasteiger partial charge is 0.271 e. The summed E-state index contributed by atoms with van der Waals surface area (Å²) in [4.78, 5) is 0. The minimum absolute atomic E-state index is 0.447. The standard InChI is InChI=1S/C14H32N3OP/c1-3-5-7-12-15-19(18,16-13-8-6-4-2)17-14-10-9-11-14/h14H,3-13H2,1-2H3,(H3,15,16,17,18). The normalized spacial score (nSPS) is 16.5. The summed E-state index contributed by atoms with van der Waals surface area (Å²) in [7, 11) is -2.57. The number of unbranched alkanes of at least 4 members (excludes halogenated alkanes) is 4. The number of hydrogen-bond donors (Lipinski definition) is 3. The molecule has 1 fully saturated rings. The highest BCUT2D eigenvalue weighted by atomic mass is 31.2. The topological polar surface area (TPSA) is 53.2 Å². The average molecular weight is 289 g/mol. The van der Waals surface area contributed by atoms with Crippen LogP contribution in [-0.2, 0) is 4.57 Å². The zero-order valence-corrected chi connectivity index (χ0v) is 13.6. The van der Waals surface area contributed by atoms with E-state index in [-0.39, 0.29) is 0 Å². The van der Waals surface area contributed by atoms with E-state index in [0.717, 1.165) is 38.8 Å². The van der Waals surface area contributed by atoms with E-state index < -0.39 is 7.59 Å². The molecule has 1 saturated carbocycles. The molecular formula is C14H32N3OP. The van der Waals surface area contributed by atoms with E-state index in [0.29, 0.717) is 6.04 Å². The maximum Gasteiger partial charge on any atom is 0.279 e. The molecule has 5 heteroatoms. The molecule has 4 nitrogen and oxygen atoms in total. The van der Waals surface area contributed by atoms with Crippen molar-refractivity contribution in [2.24, 2.45) is 0 Å². The third-order valence-corrected chi connectivity index (χ3v) is 5.77. The Morgan fingerprint density at radius 3 is 1.84 bits per heavy atom. The van der Waals surface area contributed by atoms with Gasteiger partial charge in [-0.2, -0.15) is 0 Å². The fourth-order valence-electron chi connectivity index (χ4n) is 2.16. The SMILES string of the molecule is CCCCCNP(=O)(NCCCCC)NC1CCC1. The van der Waals surface area contributed by atoms with Crippen LogP contribution in [0.4, 0.5) is 0 Å². The second-order valence-electron chi connectivity index (χ2n) is 5.60. The van der Waals surface area contributed by atoms with Crippen molar-refractivity contribution < 1.29 is 4.57 Å². The Hall–Kier alpha value is 0.110. The molecule has 0 aromatic carbocycles. The molecule has 1 aliphatic carbocycles. The van der Waals surface area contributed by atoms with Crippen LogP contribution in [0, 0.1) is 0 Å². The van der Waals surface area contributed by atoms with Gasteiger partial charge in [0.1, 0.15) is 0 Å². The molecule has 0 unspecified atom stereocenters. The van der Waals surface area contributed by atoms with E-state index >= 15 is 0 Å². The van der Waals surface area contributed by atoms with Gasteiger partial charge >= 0.3 is 0 Å². The first-order valence-corrected chi connectivity index (χ1v) is 9.79. The van der Waals surface area contributed by atoms with Crippen molar-refractivity contribution in [3.63, 3.8) is 0 Å². The Bertz CT molecular complexity index is 253. The predicted octanol–water partition coefficient (Wildman–Crippen LogP) is 3.80. The summed E-state index contributed by atoms with van der Waals surface area (Å²) in [6.07, 6.45) is 10.6. The minimum atomic E-state index is -2.57. The largest absolute Gasteiger partial charge is 0.279 e. The van der Waals surface area contributed by atoms with Gasteiger partial charge in [0.15, 0.2) is 0 Å². The summed E-state index contributed by atoms with van der Waals surface area (Å²) in [5, 5.41) is 9.80. The second kappa shape index (κ2) is 9.93. The lowest BCUT2D eigenvalue weighted by Crippen LogP contribution is -2.41. The highest BCUT2D eigenvalue weighted by Crippen LogP contribution is 2.35. The van der Waals surface area contributed by atoms with Gasteiger partial charge in [-0.3, -0.25) is 4.57 Å². The molecule has 0 amide bonds. The van der Waals surface area contributed by atoms with Crippen molar-refractivity contribution in [3.8, 4) is 0 Å². The van der Waals surface area contributed by atoms with Gasteiger partial charge in [0.05, 0.1) is 0 Å². The lowest BCUT2D eigenvalue weighted by atomic mass is 9.94. The van der Waals surface area contributed by atoms with Gasteiger partial charge in [-0.1, -0.05) is 46.0 Å². The second-order valence-corrected chi connectivity index (χ2v) is 7.71. The maximum atomic E-state index is 12.8. The zero-order chi connectivity index (χ0) is 14.0.